The SMILES string of the molecule is NC(=O)[C@H](NC(=O)CNC(=O)NCc1ccccc1)c1ccccc1. The van der Waals surface area contributed by atoms with Crippen molar-refractivity contribution < 1.29 is 14.4 Å². The van der Waals surface area contributed by atoms with Crippen LogP contribution in [0.25, 0.3) is 0 Å². The lowest BCUT2D eigenvalue weighted by molar-refractivity contribution is -0.126. The van der Waals surface area contributed by atoms with E-state index in [0.717, 1.165) is 5.56 Å². The van der Waals surface area contributed by atoms with Gasteiger partial charge in [-0.3, -0.25) is 9.59 Å². The first-order chi connectivity index (χ1) is 12.1. The van der Waals surface area contributed by atoms with Gasteiger partial charge in [0.05, 0.1) is 6.54 Å². The predicted molar refractivity (Wildman–Crippen MR) is 93.2 cm³/mol. The van der Waals surface area contributed by atoms with Crippen LogP contribution in [0.2, 0.25) is 0 Å². The molecule has 0 aromatic heterocycles. The molecule has 0 aliphatic rings. The van der Waals surface area contributed by atoms with Crippen molar-refractivity contribution in [3.63, 3.8) is 0 Å². The van der Waals surface area contributed by atoms with E-state index in [9.17, 15) is 14.4 Å². The van der Waals surface area contributed by atoms with Gasteiger partial charge in [0, 0.05) is 6.54 Å². The minimum Gasteiger partial charge on any atom is -0.368 e. The third-order valence-corrected chi connectivity index (χ3v) is 3.43. The van der Waals surface area contributed by atoms with Gasteiger partial charge in [-0.2, -0.15) is 0 Å². The number of hydrogen-bond donors (Lipinski definition) is 4. The van der Waals surface area contributed by atoms with E-state index >= 15 is 0 Å². The van der Waals surface area contributed by atoms with Gasteiger partial charge in [0.15, 0.2) is 0 Å². The number of urea groups is 1. The van der Waals surface area contributed by atoms with Crippen molar-refractivity contribution in [2.24, 2.45) is 5.73 Å². The maximum atomic E-state index is 11.9. The zero-order valence-corrected chi connectivity index (χ0v) is 13.6. The van der Waals surface area contributed by atoms with Crippen molar-refractivity contribution in [2.45, 2.75) is 12.6 Å². The summed E-state index contributed by atoms with van der Waals surface area (Å²) in [5.74, 6) is -1.18. The van der Waals surface area contributed by atoms with Gasteiger partial charge in [0.25, 0.3) is 0 Å². The van der Waals surface area contributed by atoms with Crippen LogP contribution >= 0.6 is 0 Å². The smallest absolute Gasteiger partial charge is 0.315 e. The van der Waals surface area contributed by atoms with Crippen LogP contribution in [-0.2, 0) is 16.1 Å². The standard InChI is InChI=1S/C18H20N4O3/c19-17(24)16(14-9-5-2-6-10-14)22-15(23)12-21-18(25)20-11-13-7-3-1-4-8-13/h1-10,16H,11-12H2,(H2,19,24)(H,22,23)(H2,20,21,25)/t16-/m1/s1. The Morgan fingerprint density at radius 3 is 2.08 bits per heavy atom. The van der Waals surface area contributed by atoms with E-state index in [0.29, 0.717) is 12.1 Å². The number of carbonyl (C=O) groups is 3. The Morgan fingerprint density at radius 1 is 0.880 bits per heavy atom. The second-order valence-electron chi connectivity index (χ2n) is 5.34. The van der Waals surface area contributed by atoms with Crippen LogP contribution in [0.1, 0.15) is 17.2 Å². The number of amides is 4. The van der Waals surface area contributed by atoms with Gasteiger partial charge in [-0.15, -0.1) is 0 Å². The zero-order chi connectivity index (χ0) is 18.1. The zero-order valence-electron chi connectivity index (χ0n) is 13.6. The average molecular weight is 340 g/mol. The van der Waals surface area contributed by atoms with Gasteiger partial charge in [-0.1, -0.05) is 60.7 Å². The molecule has 5 N–H and O–H groups in total. The molecule has 0 aliphatic carbocycles. The highest BCUT2D eigenvalue weighted by molar-refractivity contribution is 5.89. The minimum absolute atomic E-state index is 0.267. The molecule has 1 atom stereocenters. The molecule has 0 unspecified atom stereocenters. The summed E-state index contributed by atoms with van der Waals surface area (Å²) in [7, 11) is 0. The van der Waals surface area contributed by atoms with Crippen LogP contribution in [-0.4, -0.2) is 24.4 Å². The van der Waals surface area contributed by atoms with Crippen LogP contribution < -0.4 is 21.7 Å². The predicted octanol–water partition coefficient (Wildman–Crippen LogP) is 0.829. The van der Waals surface area contributed by atoms with Crippen LogP contribution in [0.4, 0.5) is 4.79 Å². The lowest BCUT2D eigenvalue weighted by atomic mass is 10.1. The fourth-order valence-corrected chi connectivity index (χ4v) is 2.18. The quantitative estimate of drug-likeness (QED) is 0.598. The number of nitrogens with one attached hydrogen (secondary N) is 3. The van der Waals surface area contributed by atoms with Gasteiger partial charge < -0.3 is 21.7 Å². The van der Waals surface area contributed by atoms with Crippen LogP contribution in [0, 0.1) is 0 Å². The van der Waals surface area contributed by atoms with Gasteiger partial charge in [-0.25, -0.2) is 4.79 Å². The van der Waals surface area contributed by atoms with E-state index in [1.807, 2.05) is 30.3 Å². The number of carbonyl (C=O) groups excluding carboxylic acids is 3. The molecule has 0 saturated carbocycles. The van der Waals surface area contributed by atoms with Crippen LogP contribution in [0.5, 0.6) is 0 Å². The Morgan fingerprint density at radius 2 is 1.48 bits per heavy atom. The molecule has 0 bridgehead atoms. The molecule has 2 aromatic carbocycles. The fraction of sp³-hybridized carbons (Fsp3) is 0.167. The molecule has 4 amide bonds. The molecule has 0 aliphatic heterocycles. The average Bonchev–Trinajstić information content (AvgIpc) is 2.64. The number of benzene rings is 2. The van der Waals surface area contributed by atoms with Crippen LogP contribution in [0.15, 0.2) is 60.7 Å². The van der Waals surface area contributed by atoms with Crippen LogP contribution in [0.3, 0.4) is 0 Å². The number of hydrogen-bond acceptors (Lipinski definition) is 3. The molecule has 0 heterocycles. The monoisotopic (exact) mass is 340 g/mol. The summed E-state index contributed by atoms with van der Waals surface area (Å²) in [6, 6.07) is 16.6. The molecule has 25 heavy (non-hydrogen) atoms. The first-order valence-corrected chi connectivity index (χ1v) is 7.75. The number of rotatable bonds is 7. The highest BCUT2D eigenvalue weighted by Crippen LogP contribution is 2.11. The maximum absolute atomic E-state index is 11.9. The van der Waals surface area contributed by atoms with E-state index in [2.05, 4.69) is 16.0 Å². The van der Waals surface area contributed by atoms with Crippen molar-refractivity contribution in [1.82, 2.24) is 16.0 Å². The molecule has 0 saturated heterocycles. The highest BCUT2D eigenvalue weighted by atomic mass is 16.2. The fourth-order valence-electron chi connectivity index (χ4n) is 2.18. The summed E-state index contributed by atoms with van der Waals surface area (Å²) in [6.45, 7) is 0.0828. The second kappa shape index (κ2) is 9.07. The van der Waals surface area contributed by atoms with Crippen molar-refractivity contribution in [2.75, 3.05) is 6.54 Å². The van der Waals surface area contributed by atoms with Crippen molar-refractivity contribution in [3.8, 4) is 0 Å². The third-order valence-electron chi connectivity index (χ3n) is 3.43. The summed E-state index contributed by atoms with van der Waals surface area (Å²) >= 11 is 0. The molecule has 2 rings (SSSR count). The molecular weight excluding hydrogens is 320 g/mol. The first-order valence-electron chi connectivity index (χ1n) is 7.75. The molecule has 7 nitrogen and oxygen atoms in total. The largest absolute Gasteiger partial charge is 0.368 e. The molecule has 0 fully saturated rings. The van der Waals surface area contributed by atoms with Crippen molar-refractivity contribution in [3.05, 3.63) is 71.8 Å². The van der Waals surface area contributed by atoms with Gasteiger partial charge in [0.1, 0.15) is 6.04 Å². The molecule has 2 aromatic rings. The van der Waals surface area contributed by atoms with Gasteiger partial charge in [-0.05, 0) is 11.1 Å². The second-order valence-corrected chi connectivity index (χ2v) is 5.34. The summed E-state index contributed by atoms with van der Waals surface area (Å²) in [6.07, 6.45) is 0. The Hall–Kier alpha value is -3.35. The van der Waals surface area contributed by atoms with Crippen molar-refractivity contribution in [1.29, 1.82) is 0 Å². The number of nitrogens with two attached hydrogens (primary N) is 1. The Balaban J connectivity index is 1.79. The van der Waals surface area contributed by atoms with E-state index < -0.39 is 23.9 Å². The van der Waals surface area contributed by atoms with Crippen molar-refractivity contribution >= 4 is 17.8 Å². The van der Waals surface area contributed by atoms with E-state index in [-0.39, 0.29) is 6.54 Å². The normalized spacial score (nSPS) is 11.2. The lowest BCUT2D eigenvalue weighted by Gasteiger charge is -2.16. The third kappa shape index (κ3) is 5.98. The van der Waals surface area contributed by atoms with Gasteiger partial charge >= 0.3 is 6.03 Å². The van der Waals surface area contributed by atoms with E-state index in [1.54, 1.807) is 30.3 Å². The molecule has 0 spiro atoms. The topological polar surface area (TPSA) is 113 Å². The Kier molecular flexibility index (Phi) is 6.53. The maximum Gasteiger partial charge on any atom is 0.315 e. The summed E-state index contributed by atoms with van der Waals surface area (Å²) in [5.41, 5.74) is 6.86. The summed E-state index contributed by atoms with van der Waals surface area (Å²) < 4.78 is 0. The molecule has 7 heteroatoms. The summed E-state index contributed by atoms with van der Waals surface area (Å²) in [4.78, 5) is 35.2. The molecule has 130 valence electrons. The Labute approximate surface area is 145 Å². The molecule has 0 radical (unpaired) electrons. The molecular formula is C18H20N4O3. The Bertz CT molecular complexity index is 720. The van der Waals surface area contributed by atoms with E-state index in [1.165, 1.54) is 0 Å². The highest BCUT2D eigenvalue weighted by Gasteiger charge is 2.20. The lowest BCUT2D eigenvalue weighted by Crippen LogP contribution is -2.45. The number of primary amides is 1. The summed E-state index contributed by atoms with van der Waals surface area (Å²) in [5, 5.41) is 7.58. The van der Waals surface area contributed by atoms with Gasteiger partial charge in [0.2, 0.25) is 11.8 Å². The first kappa shape index (κ1) is 18.0. The van der Waals surface area contributed by atoms with E-state index in [4.69, 9.17) is 5.73 Å². The minimum atomic E-state index is -0.942.